The van der Waals surface area contributed by atoms with Gasteiger partial charge in [-0.3, -0.25) is 4.79 Å². The van der Waals surface area contributed by atoms with Crippen molar-refractivity contribution < 1.29 is 4.79 Å². The van der Waals surface area contributed by atoms with Crippen molar-refractivity contribution in [1.29, 1.82) is 0 Å². The third-order valence-corrected chi connectivity index (χ3v) is 4.03. The van der Waals surface area contributed by atoms with Crippen LogP contribution in [0, 0.1) is 11.8 Å². The lowest BCUT2D eigenvalue weighted by atomic mass is 9.81. The monoisotopic (exact) mass is 260 g/mol. The summed E-state index contributed by atoms with van der Waals surface area (Å²) < 4.78 is 0. The van der Waals surface area contributed by atoms with Gasteiger partial charge in [0.05, 0.1) is 0 Å². The average Bonchev–Trinajstić information content (AvgIpc) is 2.38. The highest BCUT2D eigenvalue weighted by atomic mass is 16.1. The van der Waals surface area contributed by atoms with Gasteiger partial charge in [0.1, 0.15) is 0 Å². The number of anilines is 1. The number of hydrogen-bond donors (Lipinski definition) is 2. The summed E-state index contributed by atoms with van der Waals surface area (Å²) in [5.74, 6) is 1.62. The van der Waals surface area contributed by atoms with E-state index in [1.165, 1.54) is 25.7 Å². The molecular weight excluding hydrogens is 236 g/mol. The summed E-state index contributed by atoms with van der Waals surface area (Å²) in [6.07, 6.45) is 6.44. The number of nitrogen functional groups attached to an aromatic ring is 1. The molecule has 3 nitrogen and oxygen atoms in total. The fourth-order valence-corrected chi connectivity index (χ4v) is 2.99. The van der Waals surface area contributed by atoms with Crippen LogP contribution in [0.5, 0.6) is 0 Å². The molecule has 2 atom stereocenters. The quantitative estimate of drug-likeness (QED) is 0.817. The predicted octanol–water partition coefficient (Wildman–Crippen LogP) is 3.22. The van der Waals surface area contributed by atoms with Crippen molar-refractivity contribution in [2.24, 2.45) is 11.8 Å². The Morgan fingerprint density at radius 2 is 2.26 bits per heavy atom. The van der Waals surface area contributed by atoms with E-state index in [9.17, 15) is 4.79 Å². The Morgan fingerprint density at radius 3 is 3.00 bits per heavy atom. The van der Waals surface area contributed by atoms with Crippen LogP contribution in [0.4, 0.5) is 5.69 Å². The Labute approximate surface area is 115 Å². The van der Waals surface area contributed by atoms with Crippen LogP contribution < -0.4 is 11.1 Å². The molecule has 104 valence electrons. The van der Waals surface area contributed by atoms with Gasteiger partial charge in [0, 0.05) is 17.8 Å². The summed E-state index contributed by atoms with van der Waals surface area (Å²) in [5.41, 5.74) is 6.96. The molecule has 1 fully saturated rings. The minimum atomic E-state index is -0.0174. The van der Waals surface area contributed by atoms with E-state index in [-0.39, 0.29) is 5.91 Å². The molecule has 2 rings (SSSR count). The maximum atomic E-state index is 11.9. The zero-order chi connectivity index (χ0) is 13.7. The van der Waals surface area contributed by atoms with Gasteiger partial charge in [0.25, 0.3) is 5.91 Å². The maximum absolute atomic E-state index is 11.9. The van der Waals surface area contributed by atoms with Crippen molar-refractivity contribution in [2.75, 3.05) is 12.3 Å². The molecule has 3 heteroatoms. The standard InChI is InChI=1S/C16H24N2O/c1-12-4-2-5-13(10-12)8-9-18-16(19)14-6-3-7-15(17)11-14/h3,6-7,11-13H,2,4-5,8-10,17H2,1H3,(H,18,19). The summed E-state index contributed by atoms with van der Waals surface area (Å²) in [6, 6.07) is 7.12. The SMILES string of the molecule is CC1CCCC(CCNC(=O)c2cccc(N)c2)C1. The molecule has 0 bridgehead atoms. The second-order valence-electron chi connectivity index (χ2n) is 5.81. The number of benzene rings is 1. The van der Waals surface area contributed by atoms with Gasteiger partial charge < -0.3 is 11.1 Å². The first kappa shape index (κ1) is 13.9. The van der Waals surface area contributed by atoms with Gasteiger partial charge in [-0.25, -0.2) is 0 Å². The molecule has 1 aromatic rings. The number of carbonyl (C=O) groups excluding carboxylic acids is 1. The van der Waals surface area contributed by atoms with E-state index in [4.69, 9.17) is 5.73 Å². The minimum Gasteiger partial charge on any atom is -0.399 e. The maximum Gasteiger partial charge on any atom is 0.251 e. The smallest absolute Gasteiger partial charge is 0.251 e. The molecule has 0 aromatic heterocycles. The molecule has 3 N–H and O–H groups in total. The van der Waals surface area contributed by atoms with Gasteiger partial charge in [0.2, 0.25) is 0 Å². The van der Waals surface area contributed by atoms with Gasteiger partial charge in [0.15, 0.2) is 0 Å². The number of amides is 1. The first-order valence-electron chi connectivity index (χ1n) is 7.29. The van der Waals surface area contributed by atoms with Crippen molar-refractivity contribution in [3.05, 3.63) is 29.8 Å². The Hall–Kier alpha value is -1.51. The summed E-state index contributed by atoms with van der Waals surface area (Å²) >= 11 is 0. The van der Waals surface area contributed by atoms with Crippen molar-refractivity contribution in [2.45, 2.75) is 39.0 Å². The molecule has 0 saturated heterocycles. The van der Waals surface area contributed by atoms with E-state index >= 15 is 0 Å². The van der Waals surface area contributed by atoms with Gasteiger partial charge in [-0.1, -0.05) is 32.3 Å². The molecule has 0 aliphatic heterocycles. The van der Waals surface area contributed by atoms with Gasteiger partial charge in [-0.15, -0.1) is 0 Å². The predicted molar refractivity (Wildman–Crippen MR) is 78.9 cm³/mol. The summed E-state index contributed by atoms with van der Waals surface area (Å²) in [6.45, 7) is 3.10. The van der Waals surface area contributed by atoms with Crippen LogP contribution in [-0.2, 0) is 0 Å². The van der Waals surface area contributed by atoms with E-state index in [1.54, 1.807) is 18.2 Å². The normalized spacial score (nSPS) is 23.0. The van der Waals surface area contributed by atoms with Crippen LogP contribution in [0.1, 0.15) is 49.4 Å². The van der Waals surface area contributed by atoms with Crippen LogP contribution in [0.15, 0.2) is 24.3 Å². The number of carbonyl (C=O) groups is 1. The summed E-state index contributed by atoms with van der Waals surface area (Å²) in [7, 11) is 0. The van der Waals surface area contributed by atoms with Crippen molar-refractivity contribution in [1.82, 2.24) is 5.32 Å². The Balaban J connectivity index is 1.75. The largest absolute Gasteiger partial charge is 0.399 e. The summed E-state index contributed by atoms with van der Waals surface area (Å²) in [5, 5.41) is 2.99. The molecule has 2 unspecified atom stereocenters. The number of rotatable bonds is 4. The van der Waals surface area contributed by atoms with E-state index in [1.807, 2.05) is 6.07 Å². The molecule has 1 saturated carbocycles. The summed E-state index contributed by atoms with van der Waals surface area (Å²) in [4.78, 5) is 11.9. The molecule has 1 aromatic carbocycles. The number of nitrogens with two attached hydrogens (primary N) is 1. The van der Waals surface area contributed by atoms with Crippen LogP contribution in [0.25, 0.3) is 0 Å². The highest BCUT2D eigenvalue weighted by molar-refractivity contribution is 5.94. The van der Waals surface area contributed by atoms with Gasteiger partial charge >= 0.3 is 0 Å². The highest BCUT2D eigenvalue weighted by Crippen LogP contribution is 2.30. The molecule has 1 amide bonds. The van der Waals surface area contributed by atoms with Crippen LogP contribution >= 0.6 is 0 Å². The second kappa shape index (κ2) is 6.60. The second-order valence-corrected chi connectivity index (χ2v) is 5.81. The number of hydrogen-bond acceptors (Lipinski definition) is 2. The van der Waals surface area contributed by atoms with E-state index < -0.39 is 0 Å². The zero-order valence-corrected chi connectivity index (χ0v) is 11.7. The van der Waals surface area contributed by atoms with Gasteiger partial charge in [-0.2, -0.15) is 0 Å². The Morgan fingerprint density at radius 1 is 1.42 bits per heavy atom. The Kier molecular flexibility index (Phi) is 4.83. The molecular formula is C16H24N2O. The highest BCUT2D eigenvalue weighted by Gasteiger charge is 2.18. The minimum absolute atomic E-state index is 0.0174. The molecule has 1 aliphatic carbocycles. The molecule has 0 radical (unpaired) electrons. The first-order chi connectivity index (χ1) is 9.15. The average molecular weight is 260 g/mol. The van der Waals surface area contributed by atoms with Gasteiger partial charge in [-0.05, 0) is 42.9 Å². The number of nitrogens with one attached hydrogen (secondary N) is 1. The lowest BCUT2D eigenvalue weighted by molar-refractivity contribution is 0.0949. The van der Waals surface area contributed by atoms with Crippen molar-refractivity contribution in [3.8, 4) is 0 Å². The van der Waals surface area contributed by atoms with Crippen molar-refractivity contribution in [3.63, 3.8) is 0 Å². The van der Waals surface area contributed by atoms with E-state index in [0.29, 0.717) is 11.3 Å². The molecule has 0 spiro atoms. The van der Waals surface area contributed by atoms with Crippen molar-refractivity contribution >= 4 is 11.6 Å². The van der Waals surface area contributed by atoms with Crippen LogP contribution in [-0.4, -0.2) is 12.5 Å². The zero-order valence-electron chi connectivity index (χ0n) is 11.7. The third-order valence-electron chi connectivity index (χ3n) is 4.03. The molecule has 0 heterocycles. The molecule has 19 heavy (non-hydrogen) atoms. The topological polar surface area (TPSA) is 55.1 Å². The van der Waals surface area contributed by atoms with Crippen LogP contribution in [0.3, 0.4) is 0 Å². The van der Waals surface area contributed by atoms with Crippen LogP contribution in [0.2, 0.25) is 0 Å². The van der Waals surface area contributed by atoms with E-state index in [0.717, 1.165) is 24.8 Å². The lowest BCUT2D eigenvalue weighted by Crippen LogP contribution is -2.27. The lowest BCUT2D eigenvalue weighted by Gasteiger charge is -2.26. The first-order valence-corrected chi connectivity index (χ1v) is 7.29. The fraction of sp³-hybridized carbons (Fsp3) is 0.562. The Bertz CT molecular complexity index is 431. The van der Waals surface area contributed by atoms with E-state index in [2.05, 4.69) is 12.2 Å². The molecule has 1 aliphatic rings. The fourth-order valence-electron chi connectivity index (χ4n) is 2.99. The third kappa shape index (κ3) is 4.27.